The molecule has 1 aromatic carbocycles. The number of amides is 1. The van der Waals surface area contributed by atoms with E-state index < -0.39 is 0 Å². The first-order chi connectivity index (χ1) is 11.8. The van der Waals surface area contributed by atoms with Gasteiger partial charge in [0.25, 0.3) is 5.91 Å². The zero-order chi connectivity index (χ0) is 16.8. The predicted molar refractivity (Wildman–Crippen MR) is 96.2 cm³/mol. The van der Waals surface area contributed by atoms with Gasteiger partial charge in [-0.25, -0.2) is 0 Å². The van der Waals surface area contributed by atoms with Crippen molar-refractivity contribution >= 4 is 29.0 Å². The summed E-state index contributed by atoms with van der Waals surface area (Å²) in [4.78, 5) is 15.5. The lowest BCUT2D eigenvalue weighted by Crippen LogP contribution is -2.28. The van der Waals surface area contributed by atoms with Crippen LogP contribution < -0.4 is 9.64 Å². The Morgan fingerprint density at radius 2 is 2.04 bits per heavy atom. The van der Waals surface area contributed by atoms with Crippen LogP contribution >= 0.6 is 11.3 Å². The zero-order valence-electron chi connectivity index (χ0n) is 13.2. The third-order valence-electron chi connectivity index (χ3n) is 3.48. The highest BCUT2D eigenvalue weighted by atomic mass is 32.1. The topological polar surface area (TPSA) is 42.7 Å². The minimum atomic E-state index is -0.107. The molecule has 3 rings (SSSR count). The van der Waals surface area contributed by atoms with Crippen molar-refractivity contribution in [2.24, 2.45) is 0 Å². The Morgan fingerprint density at radius 1 is 1.21 bits per heavy atom. The number of hydrogen-bond donors (Lipinski definition) is 0. The molecule has 24 heavy (non-hydrogen) atoms. The standard InChI is InChI=1S/C19H17NO3S/c1-22-16-8-6-15(7-9-16)20(14-18-5-3-13-24-18)19(21)11-10-17-4-2-12-23-17/h2-13H,14H2,1H3. The lowest BCUT2D eigenvalue weighted by atomic mass is 10.2. The minimum absolute atomic E-state index is 0.107. The number of hydrogen-bond acceptors (Lipinski definition) is 4. The van der Waals surface area contributed by atoms with Crippen molar-refractivity contribution in [3.8, 4) is 5.75 Å². The van der Waals surface area contributed by atoms with E-state index in [2.05, 4.69) is 0 Å². The van der Waals surface area contributed by atoms with Gasteiger partial charge in [0.1, 0.15) is 11.5 Å². The molecule has 0 fully saturated rings. The third-order valence-corrected chi connectivity index (χ3v) is 4.34. The number of anilines is 1. The Bertz CT molecular complexity index is 790. The summed E-state index contributed by atoms with van der Waals surface area (Å²) in [6.45, 7) is 0.519. The lowest BCUT2D eigenvalue weighted by molar-refractivity contribution is -0.114. The zero-order valence-corrected chi connectivity index (χ0v) is 14.0. The van der Waals surface area contributed by atoms with Gasteiger partial charge in [-0.05, 0) is 53.9 Å². The van der Waals surface area contributed by atoms with E-state index in [1.807, 2.05) is 41.8 Å². The SMILES string of the molecule is COc1ccc(N(Cc2cccs2)C(=O)C=Cc2ccco2)cc1. The molecule has 0 saturated carbocycles. The highest BCUT2D eigenvalue weighted by Crippen LogP contribution is 2.23. The minimum Gasteiger partial charge on any atom is -0.497 e. The lowest BCUT2D eigenvalue weighted by Gasteiger charge is -2.21. The summed E-state index contributed by atoms with van der Waals surface area (Å²) in [5.74, 6) is 1.30. The van der Waals surface area contributed by atoms with Gasteiger partial charge in [-0.3, -0.25) is 4.79 Å². The van der Waals surface area contributed by atoms with Crippen molar-refractivity contribution in [2.75, 3.05) is 12.0 Å². The number of furan rings is 1. The van der Waals surface area contributed by atoms with E-state index in [0.717, 1.165) is 16.3 Å². The molecule has 3 aromatic rings. The molecule has 0 aliphatic rings. The van der Waals surface area contributed by atoms with Crippen LogP contribution in [0, 0.1) is 0 Å². The Labute approximate surface area is 144 Å². The second-order valence-corrected chi connectivity index (χ2v) is 6.08. The van der Waals surface area contributed by atoms with Crippen LogP contribution in [0.3, 0.4) is 0 Å². The molecule has 0 saturated heterocycles. The van der Waals surface area contributed by atoms with E-state index in [1.165, 1.54) is 6.08 Å². The Balaban J connectivity index is 1.84. The maximum absolute atomic E-state index is 12.7. The molecule has 0 radical (unpaired) electrons. The van der Waals surface area contributed by atoms with E-state index >= 15 is 0 Å². The second-order valence-electron chi connectivity index (χ2n) is 5.05. The van der Waals surface area contributed by atoms with Gasteiger partial charge < -0.3 is 14.1 Å². The Kier molecular flexibility index (Phi) is 5.13. The summed E-state index contributed by atoms with van der Waals surface area (Å²) in [6, 6.07) is 15.1. The van der Waals surface area contributed by atoms with Gasteiger partial charge in [0.05, 0.1) is 19.9 Å². The van der Waals surface area contributed by atoms with Gasteiger partial charge in [-0.15, -0.1) is 11.3 Å². The van der Waals surface area contributed by atoms with Crippen molar-refractivity contribution in [3.05, 3.63) is 76.9 Å². The molecular formula is C19H17NO3S. The van der Waals surface area contributed by atoms with E-state index in [0.29, 0.717) is 12.3 Å². The molecule has 1 amide bonds. The molecule has 2 heterocycles. The van der Waals surface area contributed by atoms with Crippen molar-refractivity contribution in [1.82, 2.24) is 0 Å². The van der Waals surface area contributed by atoms with Gasteiger partial charge in [-0.1, -0.05) is 6.07 Å². The van der Waals surface area contributed by atoms with Crippen molar-refractivity contribution < 1.29 is 13.9 Å². The van der Waals surface area contributed by atoms with Crippen molar-refractivity contribution in [2.45, 2.75) is 6.54 Å². The fourth-order valence-corrected chi connectivity index (χ4v) is 2.94. The molecule has 4 nitrogen and oxygen atoms in total. The quantitative estimate of drug-likeness (QED) is 0.617. The van der Waals surface area contributed by atoms with E-state index in [-0.39, 0.29) is 5.91 Å². The highest BCUT2D eigenvalue weighted by molar-refractivity contribution is 7.09. The van der Waals surface area contributed by atoms with Crippen LogP contribution in [0.15, 0.2) is 70.7 Å². The largest absolute Gasteiger partial charge is 0.497 e. The Morgan fingerprint density at radius 3 is 2.67 bits per heavy atom. The van der Waals surface area contributed by atoms with Crippen LogP contribution in [0.5, 0.6) is 5.75 Å². The van der Waals surface area contributed by atoms with Crippen LogP contribution in [0.25, 0.3) is 6.08 Å². The third kappa shape index (κ3) is 3.94. The average molecular weight is 339 g/mol. The molecule has 0 aliphatic carbocycles. The number of carbonyl (C=O) groups is 1. The first-order valence-electron chi connectivity index (χ1n) is 7.46. The molecule has 0 N–H and O–H groups in total. The molecule has 0 bridgehead atoms. The van der Waals surface area contributed by atoms with Gasteiger partial charge in [0, 0.05) is 16.6 Å². The molecule has 0 atom stereocenters. The van der Waals surface area contributed by atoms with Gasteiger partial charge >= 0.3 is 0 Å². The number of ether oxygens (including phenoxy) is 1. The number of nitrogens with zero attached hydrogens (tertiary/aromatic N) is 1. The molecular weight excluding hydrogens is 322 g/mol. The van der Waals surface area contributed by atoms with Gasteiger partial charge in [0.15, 0.2) is 0 Å². The number of rotatable bonds is 6. The fraction of sp³-hybridized carbons (Fsp3) is 0.105. The van der Waals surface area contributed by atoms with Crippen molar-refractivity contribution in [1.29, 1.82) is 0 Å². The Hall–Kier alpha value is -2.79. The van der Waals surface area contributed by atoms with Crippen LogP contribution in [0.4, 0.5) is 5.69 Å². The summed E-state index contributed by atoms with van der Waals surface area (Å²) in [5, 5.41) is 2.00. The maximum Gasteiger partial charge on any atom is 0.251 e. The van der Waals surface area contributed by atoms with E-state index in [1.54, 1.807) is 47.8 Å². The smallest absolute Gasteiger partial charge is 0.251 e. The number of carbonyl (C=O) groups excluding carboxylic acids is 1. The summed E-state index contributed by atoms with van der Waals surface area (Å²) >= 11 is 1.63. The number of thiophene rings is 1. The molecule has 0 aliphatic heterocycles. The predicted octanol–water partition coefficient (Wildman–Crippen LogP) is 4.60. The van der Waals surface area contributed by atoms with E-state index in [9.17, 15) is 4.79 Å². The number of methoxy groups -OCH3 is 1. The van der Waals surface area contributed by atoms with Crippen LogP contribution in [-0.2, 0) is 11.3 Å². The molecule has 0 unspecified atom stereocenters. The van der Waals surface area contributed by atoms with Crippen LogP contribution in [0.1, 0.15) is 10.6 Å². The summed E-state index contributed by atoms with van der Waals surface area (Å²) in [5.41, 5.74) is 0.818. The van der Waals surface area contributed by atoms with Crippen molar-refractivity contribution in [3.63, 3.8) is 0 Å². The normalized spacial score (nSPS) is 10.9. The second kappa shape index (κ2) is 7.66. The van der Waals surface area contributed by atoms with Gasteiger partial charge in [-0.2, -0.15) is 0 Å². The monoisotopic (exact) mass is 339 g/mol. The number of benzene rings is 1. The first kappa shape index (κ1) is 16.1. The van der Waals surface area contributed by atoms with Gasteiger partial charge in [0.2, 0.25) is 0 Å². The molecule has 2 aromatic heterocycles. The highest BCUT2D eigenvalue weighted by Gasteiger charge is 2.15. The van der Waals surface area contributed by atoms with E-state index in [4.69, 9.17) is 9.15 Å². The summed E-state index contributed by atoms with van der Waals surface area (Å²) < 4.78 is 10.4. The molecule has 0 spiro atoms. The molecule has 122 valence electrons. The van der Waals surface area contributed by atoms with Crippen LogP contribution in [0.2, 0.25) is 0 Å². The maximum atomic E-state index is 12.7. The summed E-state index contributed by atoms with van der Waals surface area (Å²) in [6.07, 6.45) is 4.78. The fourth-order valence-electron chi connectivity index (χ4n) is 2.25. The summed E-state index contributed by atoms with van der Waals surface area (Å²) in [7, 11) is 1.62. The van der Waals surface area contributed by atoms with Crippen LogP contribution in [-0.4, -0.2) is 13.0 Å². The average Bonchev–Trinajstić information content (AvgIpc) is 3.31. The molecule has 5 heteroatoms. The first-order valence-corrected chi connectivity index (χ1v) is 8.34.